The van der Waals surface area contributed by atoms with Gasteiger partial charge in [-0.05, 0) is 50.6 Å². The second-order valence-corrected chi connectivity index (χ2v) is 8.39. The van der Waals surface area contributed by atoms with Gasteiger partial charge in [-0.3, -0.25) is 10.3 Å². The van der Waals surface area contributed by atoms with Crippen LogP contribution in [-0.2, 0) is 14.6 Å². The fourth-order valence-electron chi connectivity index (χ4n) is 3.24. The molecular formula is C19H23N3O4S. The first kappa shape index (κ1) is 19.2. The van der Waals surface area contributed by atoms with Crippen molar-refractivity contribution in [2.45, 2.75) is 31.8 Å². The molecule has 2 heterocycles. The van der Waals surface area contributed by atoms with Gasteiger partial charge in [0.05, 0.1) is 10.6 Å². The number of hydrogen-bond acceptors (Lipinski definition) is 6. The number of sulfone groups is 1. The summed E-state index contributed by atoms with van der Waals surface area (Å²) in [4.78, 5) is 18.6. The van der Waals surface area contributed by atoms with Gasteiger partial charge in [-0.15, -0.1) is 0 Å². The zero-order valence-electron chi connectivity index (χ0n) is 15.6. The van der Waals surface area contributed by atoms with Gasteiger partial charge >= 0.3 is 6.09 Å². The summed E-state index contributed by atoms with van der Waals surface area (Å²) in [5.74, 6) is -0.263. The number of nitrogens with zero attached hydrogens (tertiary/aromatic N) is 2. The Morgan fingerprint density at radius 3 is 2.70 bits per heavy atom. The van der Waals surface area contributed by atoms with Crippen LogP contribution in [0.25, 0.3) is 0 Å². The number of carbonyl (C=O) groups is 1. The fourth-order valence-corrected chi connectivity index (χ4v) is 4.87. The van der Waals surface area contributed by atoms with Gasteiger partial charge in [-0.1, -0.05) is 0 Å². The van der Waals surface area contributed by atoms with E-state index in [9.17, 15) is 13.2 Å². The number of fused-ring (bicyclic) bond motifs is 1. The van der Waals surface area contributed by atoms with E-state index in [0.717, 1.165) is 24.3 Å². The number of hydrogen-bond donors (Lipinski definition) is 1. The lowest BCUT2D eigenvalue weighted by molar-refractivity contribution is 0.123. The number of aromatic nitrogens is 1. The first-order valence-corrected chi connectivity index (χ1v) is 10.5. The zero-order chi connectivity index (χ0) is 19.6. The highest BCUT2D eigenvalue weighted by Gasteiger charge is 2.37. The Morgan fingerprint density at radius 2 is 2.04 bits per heavy atom. The number of nitrogens with one attached hydrogen (secondary N) is 1. The first-order valence-electron chi connectivity index (χ1n) is 8.85. The Labute approximate surface area is 159 Å². The van der Waals surface area contributed by atoms with E-state index in [2.05, 4.69) is 29.0 Å². The molecule has 8 heteroatoms. The molecule has 0 spiro atoms. The van der Waals surface area contributed by atoms with Gasteiger partial charge in [0.15, 0.2) is 9.84 Å². The molecule has 0 saturated heterocycles. The molecule has 144 valence electrons. The predicted molar refractivity (Wildman–Crippen MR) is 104 cm³/mol. The van der Waals surface area contributed by atoms with Crippen LogP contribution < -0.4 is 10.2 Å². The highest BCUT2D eigenvalue weighted by atomic mass is 32.2. The molecule has 0 saturated carbocycles. The maximum absolute atomic E-state index is 12.3. The average molecular weight is 389 g/mol. The van der Waals surface area contributed by atoms with Crippen molar-refractivity contribution in [2.24, 2.45) is 0 Å². The van der Waals surface area contributed by atoms with E-state index in [1.54, 1.807) is 0 Å². The highest BCUT2D eigenvalue weighted by molar-refractivity contribution is 7.91. The smallest absolute Gasteiger partial charge is 0.412 e. The molecule has 1 aliphatic heterocycles. The molecule has 27 heavy (non-hydrogen) atoms. The molecule has 1 N–H and O–H groups in total. The topological polar surface area (TPSA) is 88.6 Å². The molecule has 0 radical (unpaired) electrons. The predicted octanol–water partition coefficient (Wildman–Crippen LogP) is 3.31. The van der Waals surface area contributed by atoms with Crippen LogP contribution in [0.1, 0.15) is 31.1 Å². The van der Waals surface area contributed by atoms with Gasteiger partial charge in [-0.25, -0.2) is 13.2 Å². The molecule has 7 nitrogen and oxygen atoms in total. The van der Waals surface area contributed by atoms with Crippen molar-refractivity contribution >= 4 is 27.3 Å². The summed E-state index contributed by atoms with van der Waals surface area (Å²) in [6.07, 6.45) is 1.31. The molecule has 3 rings (SSSR count). The number of benzene rings is 1. The number of pyridine rings is 1. The molecule has 1 atom stereocenters. The molecule has 1 aromatic heterocycles. The number of ether oxygens (including phenoxy) is 1. The Bertz CT molecular complexity index is 955. The molecule has 1 amide bonds. The third kappa shape index (κ3) is 3.90. The highest BCUT2D eigenvalue weighted by Crippen LogP contribution is 2.35. The van der Waals surface area contributed by atoms with E-state index < -0.39 is 22.0 Å². The molecule has 1 aromatic carbocycles. The van der Waals surface area contributed by atoms with Crippen molar-refractivity contribution < 1.29 is 17.9 Å². The summed E-state index contributed by atoms with van der Waals surface area (Å²) >= 11 is 0. The SMILES string of the molecule is CCN(CC)c1ccc(NC(=O)OC2CS(=O)(=O)c3ccncc32)c(C)c1. The number of aryl methyl sites for hydroxylation is 1. The maximum Gasteiger partial charge on any atom is 0.412 e. The van der Waals surface area contributed by atoms with Gasteiger partial charge in [0.1, 0.15) is 6.10 Å². The van der Waals surface area contributed by atoms with E-state index in [4.69, 9.17) is 4.74 Å². The number of rotatable bonds is 5. The van der Waals surface area contributed by atoms with E-state index in [1.807, 2.05) is 25.1 Å². The second kappa shape index (κ2) is 7.56. The second-order valence-electron chi connectivity index (χ2n) is 6.39. The van der Waals surface area contributed by atoms with Gasteiger partial charge < -0.3 is 9.64 Å². The standard InChI is InChI=1S/C19H23N3O4S/c1-4-22(5-2)14-6-7-16(13(3)10-14)21-19(23)26-17-12-27(24,25)18-8-9-20-11-15(17)18/h6-11,17H,4-5,12H2,1-3H3,(H,21,23). The van der Waals surface area contributed by atoms with Crippen molar-refractivity contribution in [1.82, 2.24) is 4.98 Å². The molecule has 0 aliphatic carbocycles. The summed E-state index contributed by atoms with van der Waals surface area (Å²) in [5, 5.41) is 2.70. The molecule has 0 bridgehead atoms. The molecule has 1 unspecified atom stereocenters. The Morgan fingerprint density at radius 1 is 1.30 bits per heavy atom. The van der Waals surface area contributed by atoms with Crippen LogP contribution in [0.4, 0.5) is 16.2 Å². The van der Waals surface area contributed by atoms with Crippen molar-refractivity contribution in [3.05, 3.63) is 47.8 Å². The number of amides is 1. The average Bonchev–Trinajstić information content (AvgIpc) is 2.89. The zero-order valence-corrected chi connectivity index (χ0v) is 16.4. The van der Waals surface area contributed by atoms with Crippen LogP contribution in [0.15, 0.2) is 41.6 Å². The normalized spacial score (nSPS) is 17.2. The summed E-state index contributed by atoms with van der Waals surface area (Å²) in [6.45, 7) is 7.87. The molecular weight excluding hydrogens is 366 g/mol. The number of carbonyl (C=O) groups excluding carboxylic acids is 1. The van der Waals surface area contributed by atoms with Crippen molar-refractivity contribution in [1.29, 1.82) is 0 Å². The van der Waals surface area contributed by atoms with Crippen LogP contribution >= 0.6 is 0 Å². The van der Waals surface area contributed by atoms with Gasteiger partial charge in [0, 0.05) is 42.4 Å². The minimum atomic E-state index is -3.45. The monoisotopic (exact) mass is 389 g/mol. The lowest BCUT2D eigenvalue weighted by Crippen LogP contribution is -2.22. The van der Waals surface area contributed by atoms with Crippen molar-refractivity contribution in [3.8, 4) is 0 Å². The minimum absolute atomic E-state index is 0.176. The maximum atomic E-state index is 12.3. The summed E-state index contributed by atoms with van der Waals surface area (Å²) in [6, 6.07) is 7.20. The molecule has 2 aromatic rings. The van der Waals surface area contributed by atoms with Crippen LogP contribution in [0.5, 0.6) is 0 Å². The first-order chi connectivity index (χ1) is 12.9. The van der Waals surface area contributed by atoms with Crippen LogP contribution in [0, 0.1) is 6.92 Å². The van der Waals surface area contributed by atoms with Crippen molar-refractivity contribution in [3.63, 3.8) is 0 Å². The van der Waals surface area contributed by atoms with Gasteiger partial charge in [-0.2, -0.15) is 0 Å². The van der Waals surface area contributed by atoms with Crippen LogP contribution in [-0.4, -0.2) is 38.3 Å². The minimum Gasteiger partial charge on any atom is -0.440 e. The van der Waals surface area contributed by atoms with E-state index >= 15 is 0 Å². The summed E-state index contributed by atoms with van der Waals surface area (Å²) in [5.41, 5.74) is 3.03. The van der Waals surface area contributed by atoms with E-state index in [0.29, 0.717) is 11.3 Å². The number of anilines is 2. The van der Waals surface area contributed by atoms with E-state index in [1.165, 1.54) is 18.5 Å². The Hall–Kier alpha value is -2.61. The third-order valence-electron chi connectivity index (χ3n) is 4.69. The Balaban J connectivity index is 1.72. The lowest BCUT2D eigenvalue weighted by Gasteiger charge is -2.22. The summed E-state index contributed by atoms with van der Waals surface area (Å²) < 4.78 is 29.7. The Kier molecular flexibility index (Phi) is 5.36. The fraction of sp³-hybridized carbons (Fsp3) is 0.368. The quantitative estimate of drug-likeness (QED) is 0.844. The van der Waals surface area contributed by atoms with Gasteiger partial charge in [0.2, 0.25) is 0 Å². The molecule has 1 aliphatic rings. The van der Waals surface area contributed by atoms with E-state index in [-0.39, 0.29) is 10.6 Å². The third-order valence-corrected chi connectivity index (χ3v) is 6.47. The molecule has 0 fully saturated rings. The lowest BCUT2D eigenvalue weighted by atomic mass is 10.1. The van der Waals surface area contributed by atoms with Crippen molar-refractivity contribution in [2.75, 3.05) is 29.1 Å². The summed E-state index contributed by atoms with van der Waals surface area (Å²) in [7, 11) is -3.45. The van der Waals surface area contributed by atoms with Gasteiger partial charge in [0.25, 0.3) is 0 Å². The largest absolute Gasteiger partial charge is 0.440 e. The van der Waals surface area contributed by atoms with Crippen LogP contribution in [0.2, 0.25) is 0 Å². The van der Waals surface area contributed by atoms with Crippen LogP contribution in [0.3, 0.4) is 0 Å².